The molecule has 0 heterocycles. The summed E-state index contributed by atoms with van der Waals surface area (Å²) < 4.78 is 14.2. The number of carboxylic acids is 1. The van der Waals surface area contributed by atoms with Crippen molar-refractivity contribution >= 4 is 33.5 Å². The SMILES string of the molecule is O=C(O)C1CCCC1C(=O)Nc1cc(Br)ccc1F. The van der Waals surface area contributed by atoms with Crippen molar-refractivity contribution in [2.24, 2.45) is 11.8 Å². The van der Waals surface area contributed by atoms with Gasteiger partial charge in [0.2, 0.25) is 5.91 Å². The summed E-state index contributed by atoms with van der Waals surface area (Å²) in [7, 11) is 0. The van der Waals surface area contributed by atoms with E-state index in [1.165, 1.54) is 18.2 Å². The van der Waals surface area contributed by atoms with E-state index < -0.39 is 29.5 Å². The predicted molar refractivity (Wildman–Crippen MR) is 71.2 cm³/mol. The highest BCUT2D eigenvalue weighted by Gasteiger charge is 2.37. The molecule has 1 saturated carbocycles. The third kappa shape index (κ3) is 3.12. The van der Waals surface area contributed by atoms with Crippen molar-refractivity contribution < 1.29 is 19.1 Å². The fourth-order valence-electron chi connectivity index (χ4n) is 2.39. The van der Waals surface area contributed by atoms with Crippen LogP contribution in [0.5, 0.6) is 0 Å². The zero-order valence-corrected chi connectivity index (χ0v) is 11.6. The molecule has 0 saturated heterocycles. The summed E-state index contributed by atoms with van der Waals surface area (Å²) in [5.41, 5.74) is 0.0652. The first-order chi connectivity index (χ1) is 8.99. The fourth-order valence-corrected chi connectivity index (χ4v) is 2.75. The molecule has 1 aromatic rings. The third-order valence-corrected chi connectivity index (χ3v) is 3.85. The average Bonchev–Trinajstić information content (AvgIpc) is 2.83. The minimum absolute atomic E-state index is 0.0652. The number of carboxylic acid groups (broad SMARTS) is 1. The second kappa shape index (κ2) is 5.69. The van der Waals surface area contributed by atoms with Crippen LogP contribution in [0.2, 0.25) is 0 Å². The summed E-state index contributed by atoms with van der Waals surface area (Å²) in [6.45, 7) is 0. The van der Waals surface area contributed by atoms with Crippen molar-refractivity contribution in [3.63, 3.8) is 0 Å². The Balaban J connectivity index is 2.12. The molecule has 0 aliphatic heterocycles. The van der Waals surface area contributed by atoms with Crippen LogP contribution in [0.25, 0.3) is 0 Å². The largest absolute Gasteiger partial charge is 0.481 e. The van der Waals surface area contributed by atoms with Gasteiger partial charge < -0.3 is 10.4 Å². The Bertz CT molecular complexity index is 521. The Morgan fingerprint density at radius 3 is 2.68 bits per heavy atom. The van der Waals surface area contributed by atoms with Crippen LogP contribution in [-0.4, -0.2) is 17.0 Å². The highest BCUT2D eigenvalue weighted by atomic mass is 79.9. The van der Waals surface area contributed by atoms with Crippen molar-refractivity contribution in [1.82, 2.24) is 0 Å². The molecule has 1 aromatic carbocycles. The Kier molecular flexibility index (Phi) is 4.19. The Morgan fingerprint density at radius 1 is 1.32 bits per heavy atom. The van der Waals surface area contributed by atoms with Crippen LogP contribution in [0.15, 0.2) is 22.7 Å². The normalized spacial score (nSPS) is 22.2. The molecule has 1 aliphatic rings. The zero-order chi connectivity index (χ0) is 14.0. The first kappa shape index (κ1) is 14.0. The summed E-state index contributed by atoms with van der Waals surface area (Å²) in [6, 6.07) is 4.22. The molecule has 0 bridgehead atoms. The maximum atomic E-state index is 13.5. The maximum Gasteiger partial charge on any atom is 0.307 e. The minimum atomic E-state index is -0.965. The van der Waals surface area contributed by atoms with E-state index in [-0.39, 0.29) is 5.69 Å². The summed E-state index contributed by atoms with van der Waals surface area (Å²) in [5, 5.41) is 11.5. The van der Waals surface area contributed by atoms with Gasteiger partial charge in [-0.1, -0.05) is 22.4 Å². The number of anilines is 1. The molecule has 1 fully saturated rings. The molecule has 1 aliphatic carbocycles. The Hall–Kier alpha value is -1.43. The standard InChI is InChI=1S/C13H13BrFNO3/c14-7-4-5-10(15)11(6-7)16-12(17)8-2-1-3-9(8)13(18)19/h4-6,8-9H,1-3H2,(H,16,17)(H,18,19). The van der Waals surface area contributed by atoms with Gasteiger partial charge in [-0.3, -0.25) is 9.59 Å². The Labute approximate surface area is 118 Å². The summed E-state index contributed by atoms with van der Waals surface area (Å²) >= 11 is 3.19. The molecule has 1 amide bonds. The Morgan fingerprint density at radius 2 is 2.00 bits per heavy atom. The van der Waals surface area contributed by atoms with Crippen LogP contribution in [0, 0.1) is 17.7 Å². The first-order valence-electron chi connectivity index (χ1n) is 5.98. The van der Waals surface area contributed by atoms with Gasteiger partial charge in [-0.15, -0.1) is 0 Å². The quantitative estimate of drug-likeness (QED) is 0.895. The summed E-state index contributed by atoms with van der Waals surface area (Å²) in [5.74, 6) is -3.19. The van der Waals surface area contributed by atoms with E-state index in [9.17, 15) is 14.0 Å². The molecule has 6 heteroatoms. The van der Waals surface area contributed by atoms with Crippen molar-refractivity contribution in [2.45, 2.75) is 19.3 Å². The van der Waals surface area contributed by atoms with E-state index in [0.717, 1.165) is 0 Å². The number of carbonyl (C=O) groups is 2. The van der Waals surface area contributed by atoms with E-state index >= 15 is 0 Å². The number of amides is 1. The van der Waals surface area contributed by atoms with Crippen molar-refractivity contribution in [3.8, 4) is 0 Å². The van der Waals surface area contributed by atoms with E-state index in [1.807, 2.05) is 0 Å². The molecule has 2 rings (SSSR count). The molecule has 0 spiro atoms. The van der Waals surface area contributed by atoms with E-state index in [0.29, 0.717) is 23.7 Å². The van der Waals surface area contributed by atoms with Gasteiger partial charge in [0.15, 0.2) is 0 Å². The van der Waals surface area contributed by atoms with Gasteiger partial charge in [-0.25, -0.2) is 4.39 Å². The van der Waals surface area contributed by atoms with Gasteiger partial charge in [0.1, 0.15) is 5.82 Å². The number of hydrogen-bond acceptors (Lipinski definition) is 2. The van der Waals surface area contributed by atoms with Crippen LogP contribution in [-0.2, 0) is 9.59 Å². The lowest BCUT2D eigenvalue weighted by molar-refractivity contribution is -0.145. The second-order valence-corrected chi connectivity index (χ2v) is 5.51. The van der Waals surface area contributed by atoms with Gasteiger partial charge >= 0.3 is 5.97 Å². The van der Waals surface area contributed by atoms with Crippen molar-refractivity contribution in [1.29, 1.82) is 0 Å². The monoisotopic (exact) mass is 329 g/mol. The van der Waals surface area contributed by atoms with Gasteiger partial charge in [0, 0.05) is 4.47 Å². The molecule has 0 radical (unpaired) electrons. The van der Waals surface area contributed by atoms with E-state index in [2.05, 4.69) is 21.2 Å². The van der Waals surface area contributed by atoms with Gasteiger partial charge in [0.05, 0.1) is 17.5 Å². The fraction of sp³-hybridized carbons (Fsp3) is 0.385. The van der Waals surface area contributed by atoms with Gasteiger partial charge in [-0.2, -0.15) is 0 Å². The van der Waals surface area contributed by atoms with Gasteiger partial charge in [-0.05, 0) is 31.0 Å². The summed E-state index contributed by atoms with van der Waals surface area (Å²) in [6.07, 6.45) is 1.73. The van der Waals surface area contributed by atoms with Crippen LogP contribution in [0.3, 0.4) is 0 Å². The number of benzene rings is 1. The lowest BCUT2D eigenvalue weighted by Crippen LogP contribution is -2.30. The third-order valence-electron chi connectivity index (χ3n) is 3.36. The predicted octanol–water partition coefficient (Wildman–Crippen LogP) is 3.03. The van der Waals surface area contributed by atoms with Crippen LogP contribution in [0.1, 0.15) is 19.3 Å². The topological polar surface area (TPSA) is 66.4 Å². The number of carbonyl (C=O) groups excluding carboxylic acids is 1. The molecular weight excluding hydrogens is 317 g/mol. The zero-order valence-electron chi connectivity index (χ0n) is 10.0. The lowest BCUT2D eigenvalue weighted by Gasteiger charge is -2.16. The number of hydrogen-bond donors (Lipinski definition) is 2. The molecule has 2 N–H and O–H groups in total. The van der Waals surface area contributed by atoms with Crippen LogP contribution < -0.4 is 5.32 Å². The lowest BCUT2D eigenvalue weighted by atomic mass is 9.95. The summed E-state index contributed by atoms with van der Waals surface area (Å²) in [4.78, 5) is 23.1. The molecular formula is C13H13BrFNO3. The number of nitrogens with one attached hydrogen (secondary N) is 1. The molecule has 19 heavy (non-hydrogen) atoms. The number of halogens is 2. The van der Waals surface area contributed by atoms with Gasteiger partial charge in [0.25, 0.3) is 0 Å². The van der Waals surface area contributed by atoms with Crippen molar-refractivity contribution in [3.05, 3.63) is 28.5 Å². The molecule has 2 unspecified atom stereocenters. The van der Waals surface area contributed by atoms with Crippen LogP contribution >= 0.6 is 15.9 Å². The van der Waals surface area contributed by atoms with E-state index in [4.69, 9.17) is 5.11 Å². The number of rotatable bonds is 3. The second-order valence-electron chi connectivity index (χ2n) is 4.60. The smallest absolute Gasteiger partial charge is 0.307 e. The molecule has 0 aromatic heterocycles. The number of aliphatic carboxylic acids is 1. The molecule has 2 atom stereocenters. The molecule has 4 nitrogen and oxygen atoms in total. The first-order valence-corrected chi connectivity index (χ1v) is 6.77. The maximum absolute atomic E-state index is 13.5. The average molecular weight is 330 g/mol. The van der Waals surface area contributed by atoms with E-state index in [1.54, 1.807) is 0 Å². The van der Waals surface area contributed by atoms with Crippen LogP contribution in [0.4, 0.5) is 10.1 Å². The minimum Gasteiger partial charge on any atom is -0.481 e. The van der Waals surface area contributed by atoms with Crippen molar-refractivity contribution in [2.75, 3.05) is 5.32 Å². The molecule has 102 valence electrons. The highest BCUT2D eigenvalue weighted by Crippen LogP contribution is 2.33. The highest BCUT2D eigenvalue weighted by molar-refractivity contribution is 9.10.